The third-order valence-electron chi connectivity index (χ3n) is 16.0. The topological polar surface area (TPSA) is 237 Å². The highest BCUT2D eigenvalue weighted by Crippen LogP contribution is 2.45. The molecule has 0 saturated carbocycles. The van der Waals surface area contributed by atoms with Gasteiger partial charge in [-0.2, -0.15) is 0 Å². The predicted molar refractivity (Wildman–Crippen MR) is 344 cm³/mol. The normalized spacial score (nSPS) is 15.0. The Bertz CT molecular complexity index is 1720. The number of unbranched alkanes of at least 4 members (excludes halogenated alkanes) is 28. The highest BCUT2D eigenvalue weighted by Gasteiger charge is 2.30. The van der Waals surface area contributed by atoms with Crippen LogP contribution in [0.25, 0.3) is 0 Å². The molecule has 4 unspecified atom stereocenters. The molecular formula is C67H130O17P2. The van der Waals surface area contributed by atoms with E-state index in [0.717, 1.165) is 114 Å². The summed E-state index contributed by atoms with van der Waals surface area (Å²) >= 11 is 0. The molecule has 86 heavy (non-hydrogen) atoms. The second-order valence-electron chi connectivity index (χ2n) is 25.6. The molecular weight excluding hydrogens is 1140 g/mol. The Kier molecular flexibility index (Phi) is 55.7. The van der Waals surface area contributed by atoms with Gasteiger partial charge in [-0.05, 0) is 49.4 Å². The minimum atomic E-state index is -4.95. The summed E-state index contributed by atoms with van der Waals surface area (Å²) in [6.07, 6.45) is 37.6. The molecule has 0 amide bonds. The van der Waals surface area contributed by atoms with Gasteiger partial charge in [0.1, 0.15) is 19.3 Å². The first-order valence-corrected chi connectivity index (χ1v) is 37.8. The summed E-state index contributed by atoms with van der Waals surface area (Å²) in [6.45, 7) is 14.0. The molecule has 0 aliphatic carbocycles. The molecule has 510 valence electrons. The number of phosphoric acid groups is 2. The number of carbonyl (C=O) groups excluding carboxylic acids is 4. The summed E-state index contributed by atoms with van der Waals surface area (Å²) in [5, 5.41) is 10.6. The Labute approximate surface area is 524 Å². The zero-order valence-electron chi connectivity index (χ0n) is 55.9. The van der Waals surface area contributed by atoms with Crippen molar-refractivity contribution in [1.82, 2.24) is 0 Å². The minimum absolute atomic E-state index is 0.103. The molecule has 17 nitrogen and oxygen atoms in total. The molecule has 0 bridgehead atoms. The van der Waals surface area contributed by atoms with Gasteiger partial charge in [0, 0.05) is 25.7 Å². The van der Waals surface area contributed by atoms with E-state index in [4.69, 9.17) is 37.0 Å². The van der Waals surface area contributed by atoms with Crippen molar-refractivity contribution in [2.24, 2.45) is 23.7 Å². The average molecular weight is 1270 g/mol. The second kappa shape index (κ2) is 57.0. The van der Waals surface area contributed by atoms with Crippen LogP contribution in [0.3, 0.4) is 0 Å². The highest BCUT2D eigenvalue weighted by atomic mass is 31.2. The number of phosphoric ester groups is 2. The van der Waals surface area contributed by atoms with Crippen molar-refractivity contribution in [2.75, 3.05) is 39.6 Å². The van der Waals surface area contributed by atoms with Gasteiger partial charge in [-0.1, -0.05) is 274 Å². The smallest absolute Gasteiger partial charge is 0.462 e. The highest BCUT2D eigenvalue weighted by molar-refractivity contribution is 7.47. The van der Waals surface area contributed by atoms with Crippen LogP contribution in [0.4, 0.5) is 0 Å². The van der Waals surface area contributed by atoms with Gasteiger partial charge >= 0.3 is 39.5 Å². The van der Waals surface area contributed by atoms with Gasteiger partial charge in [0.15, 0.2) is 12.2 Å². The molecule has 0 rings (SSSR count). The van der Waals surface area contributed by atoms with Crippen molar-refractivity contribution in [2.45, 2.75) is 343 Å². The number of hydrogen-bond acceptors (Lipinski definition) is 15. The molecule has 0 spiro atoms. The molecule has 0 saturated heterocycles. The summed E-state index contributed by atoms with van der Waals surface area (Å²) in [7, 11) is -9.90. The maximum atomic E-state index is 13.0. The quantitative estimate of drug-likeness (QED) is 0.0222. The van der Waals surface area contributed by atoms with Crippen molar-refractivity contribution >= 4 is 39.5 Å². The fourth-order valence-electron chi connectivity index (χ4n) is 9.89. The maximum absolute atomic E-state index is 13.0. The van der Waals surface area contributed by atoms with E-state index in [0.29, 0.717) is 31.6 Å². The van der Waals surface area contributed by atoms with E-state index in [1.54, 1.807) is 0 Å². The SMILES string of the molecule is CCC(C)CCCCCCCCCCC(=O)OC[C@H](COP(=O)(O)OC[C@@H](O)COP(=O)(O)OC[C@@H](COC(=O)CCCCCCCCC(C)C)OC(=O)CCCCCCCCCCC(C)CC)OC(=O)CCCCCCCCCCCCC(C)C. The van der Waals surface area contributed by atoms with Crippen LogP contribution in [0.1, 0.15) is 325 Å². The number of aliphatic hydroxyl groups is 1. The third-order valence-corrected chi connectivity index (χ3v) is 17.9. The maximum Gasteiger partial charge on any atom is 0.472 e. The molecule has 0 radical (unpaired) electrons. The third kappa shape index (κ3) is 58.4. The van der Waals surface area contributed by atoms with Crippen LogP contribution in [-0.4, -0.2) is 96.7 Å². The first-order valence-electron chi connectivity index (χ1n) is 34.8. The fourth-order valence-corrected chi connectivity index (χ4v) is 11.5. The van der Waals surface area contributed by atoms with E-state index in [2.05, 4.69) is 55.4 Å². The standard InChI is InChI=1S/C67H130O17P2/c1-9-59(7)45-37-29-20-15-17-22-31-39-47-64(69)77-53-62(83-66(71)49-41-33-23-14-12-11-13-19-27-35-43-57(3)4)55-81-85(73,74)79-51-61(68)52-80-86(75,76)82-56-63(54-78-65(70)48-40-32-26-25-28-36-44-58(5)6)84-67(72)50-42-34-24-18-16-21-30-38-46-60(8)10-2/h57-63,68H,9-56H2,1-8H3,(H,73,74)(H,75,76)/t59?,60?,61-,62-,63-/m1/s1. The molecule has 0 aromatic carbocycles. The number of esters is 4. The van der Waals surface area contributed by atoms with E-state index in [1.807, 2.05) is 0 Å². The van der Waals surface area contributed by atoms with Crippen molar-refractivity contribution in [1.29, 1.82) is 0 Å². The van der Waals surface area contributed by atoms with Gasteiger partial charge < -0.3 is 33.8 Å². The zero-order valence-corrected chi connectivity index (χ0v) is 57.7. The van der Waals surface area contributed by atoms with E-state index < -0.39 is 97.5 Å². The van der Waals surface area contributed by atoms with E-state index in [1.165, 1.54) is 122 Å². The second-order valence-corrected chi connectivity index (χ2v) is 28.6. The van der Waals surface area contributed by atoms with Crippen LogP contribution in [0.15, 0.2) is 0 Å². The first-order chi connectivity index (χ1) is 41.2. The van der Waals surface area contributed by atoms with Gasteiger partial charge in [0.25, 0.3) is 0 Å². The van der Waals surface area contributed by atoms with Crippen LogP contribution >= 0.6 is 15.6 Å². The predicted octanol–water partition coefficient (Wildman–Crippen LogP) is 18.5. The van der Waals surface area contributed by atoms with Gasteiger partial charge in [-0.15, -0.1) is 0 Å². The average Bonchev–Trinajstić information content (AvgIpc) is 3.69. The number of hydrogen-bond donors (Lipinski definition) is 3. The van der Waals surface area contributed by atoms with Gasteiger partial charge in [-0.3, -0.25) is 37.3 Å². The van der Waals surface area contributed by atoms with Crippen LogP contribution in [0, 0.1) is 23.7 Å². The van der Waals surface area contributed by atoms with E-state index in [9.17, 15) is 43.2 Å². The summed E-state index contributed by atoms with van der Waals surface area (Å²) in [5.74, 6) is 0.842. The Morgan fingerprint density at radius 2 is 0.558 bits per heavy atom. The number of aliphatic hydroxyl groups excluding tert-OH is 1. The monoisotopic (exact) mass is 1270 g/mol. The summed E-state index contributed by atoms with van der Waals surface area (Å²) in [4.78, 5) is 72.4. The molecule has 19 heteroatoms. The molecule has 0 fully saturated rings. The summed E-state index contributed by atoms with van der Waals surface area (Å²) in [6, 6.07) is 0. The number of rotatable bonds is 64. The van der Waals surface area contributed by atoms with Crippen molar-refractivity contribution in [3.8, 4) is 0 Å². The molecule has 0 heterocycles. The van der Waals surface area contributed by atoms with Crippen molar-refractivity contribution < 1.29 is 80.2 Å². The molecule has 0 aromatic heterocycles. The Hall–Kier alpha value is -1.94. The lowest BCUT2D eigenvalue weighted by Crippen LogP contribution is -2.30. The molecule has 0 aliphatic rings. The van der Waals surface area contributed by atoms with Gasteiger partial charge in [0.05, 0.1) is 26.4 Å². The van der Waals surface area contributed by atoms with Crippen LogP contribution in [0.2, 0.25) is 0 Å². The molecule has 0 aromatic rings. The molecule has 7 atom stereocenters. The van der Waals surface area contributed by atoms with Crippen LogP contribution in [-0.2, 0) is 65.4 Å². The summed E-state index contributed by atoms with van der Waals surface area (Å²) in [5.41, 5.74) is 0. The van der Waals surface area contributed by atoms with Crippen LogP contribution < -0.4 is 0 Å². The van der Waals surface area contributed by atoms with E-state index in [-0.39, 0.29) is 25.7 Å². The van der Waals surface area contributed by atoms with E-state index >= 15 is 0 Å². The summed E-state index contributed by atoms with van der Waals surface area (Å²) < 4.78 is 68.1. The lowest BCUT2D eigenvalue weighted by Gasteiger charge is -2.21. The Morgan fingerprint density at radius 1 is 0.326 bits per heavy atom. The largest absolute Gasteiger partial charge is 0.472 e. The fraction of sp³-hybridized carbons (Fsp3) is 0.940. The Morgan fingerprint density at radius 3 is 0.826 bits per heavy atom. The van der Waals surface area contributed by atoms with Gasteiger partial charge in [-0.25, -0.2) is 9.13 Å². The molecule has 3 N–H and O–H groups in total. The zero-order chi connectivity index (χ0) is 63.9. The number of ether oxygens (including phenoxy) is 4. The van der Waals surface area contributed by atoms with Gasteiger partial charge in [0.2, 0.25) is 0 Å². The van der Waals surface area contributed by atoms with Crippen LogP contribution in [0.5, 0.6) is 0 Å². The number of carbonyl (C=O) groups is 4. The molecule has 0 aliphatic heterocycles. The van der Waals surface area contributed by atoms with Crippen molar-refractivity contribution in [3.63, 3.8) is 0 Å². The first kappa shape index (κ1) is 84.1. The Balaban J connectivity index is 5.27. The minimum Gasteiger partial charge on any atom is -0.462 e. The lowest BCUT2D eigenvalue weighted by atomic mass is 9.99. The van der Waals surface area contributed by atoms with Crippen molar-refractivity contribution in [3.05, 3.63) is 0 Å². The lowest BCUT2D eigenvalue weighted by molar-refractivity contribution is -0.161.